The van der Waals surface area contributed by atoms with E-state index in [-0.39, 0.29) is 31.6 Å². The third-order valence-corrected chi connectivity index (χ3v) is 4.91. The first kappa shape index (κ1) is 15.2. The molecular weight excluding hydrogens is 290 g/mol. The number of amides is 4. The molecule has 3 fully saturated rings. The van der Waals surface area contributed by atoms with Gasteiger partial charge in [0, 0.05) is 7.05 Å². The first-order chi connectivity index (χ1) is 10.4. The highest BCUT2D eigenvalue weighted by Crippen LogP contribution is 2.35. The topological polar surface area (TPSA) is 99.2 Å². The normalized spacial score (nSPS) is 30.2. The van der Waals surface area contributed by atoms with Crippen LogP contribution in [0.3, 0.4) is 0 Å². The van der Waals surface area contributed by atoms with Gasteiger partial charge in [0.15, 0.2) is 0 Å². The molecule has 0 unspecified atom stereocenters. The standard InChI is InChI=1S/C14H21N3O5/c1-16(9-7-22-8-10(9)18)11(19)6-17-12(20)14(15-13(17)21)4-2-3-5-14/h9-10,18H,2-8H2,1H3,(H,15,21)/t9-,10-/m1/s1. The molecule has 2 atom stereocenters. The van der Waals surface area contributed by atoms with E-state index in [4.69, 9.17) is 4.74 Å². The third kappa shape index (κ3) is 2.36. The molecule has 1 aliphatic carbocycles. The summed E-state index contributed by atoms with van der Waals surface area (Å²) in [6, 6.07) is -0.939. The van der Waals surface area contributed by atoms with Gasteiger partial charge >= 0.3 is 6.03 Å². The highest BCUT2D eigenvalue weighted by atomic mass is 16.5. The minimum Gasteiger partial charge on any atom is -0.388 e. The van der Waals surface area contributed by atoms with Crippen molar-refractivity contribution in [2.75, 3.05) is 26.8 Å². The monoisotopic (exact) mass is 311 g/mol. The number of aliphatic hydroxyl groups excluding tert-OH is 1. The molecule has 0 aromatic carbocycles. The quantitative estimate of drug-likeness (QED) is 0.656. The van der Waals surface area contributed by atoms with Crippen molar-refractivity contribution in [3.05, 3.63) is 0 Å². The van der Waals surface area contributed by atoms with E-state index in [0.717, 1.165) is 17.7 Å². The molecular formula is C14H21N3O5. The fourth-order valence-electron chi connectivity index (χ4n) is 3.47. The first-order valence-corrected chi connectivity index (χ1v) is 7.60. The molecule has 3 rings (SSSR count). The maximum Gasteiger partial charge on any atom is 0.325 e. The highest BCUT2D eigenvalue weighted by Gasteiger charge is 2.53. The van der Waals surface area contributed by atoms with E-state index in [0.29, 0.717) is 12.8 Å². The van der Waals surface area contributed by atoms with Gasteiger partial charge in [-0.3, -0.25) is 14.5 Å². The summed E-state index contributed by atoms with van der Waals surface area (Å²) in [5.74, 6) is -0.687. The van der Waals surface area contributed by atoms with Gasteiger partial charge in [-0.15, -0.1) is 0 Å². The van der Waals surface area contributed by atoms with E-state index in [1.807, 2.05) is 0 Å². The molecule has 0 aromatic heterocycles. The van der Waals surface area contributed by atoms with Crippen LogP contribution < -0.4 is 5.32 Å². The average molecular weight is 311 g/mol. The minimum atomic E-state index is -0.800. The van der Waals surface area contributed by atoms with E-state index < -0.39 is 23.7 Å². The van der Waals surface area contributed by atoms with Gasteiger partial charge in [-0.25, -0.2) is 4.79 Å². The predicted molar refractivity (Wildman–Crippen MR) is 74.8 cm³/mol. The van der Waals surface area contributed by atoms with Gasteiger partial charge in [-0.1, -0.05) is 12.8 Å². The Morgan fingerprint density at radius 2 is 2.09 bits per heavy atom. The molecule has 22 heavy (non-hydrogen) atoms. The number of ether oxygens (including phenoxy) is 1. The number of nitrogens with zero attached hydrogens (tertiary/aromatic N) is 2. The van der Waals surface area contributed by atoms with Gasteiger partial charge in [-0.2, -0.15) is 0 Å². The Morgan fingerprint density at radius 3 is 2.68 bits per heavy atom. The van der Waals surface area contributed by atoms with Crippen LogP contribution in [0, 0.1) is 0 Å². The number of imide groups is 1. The summed E-state index contributed by atoms with van der Waals surface area (Å²) in [7, 11) is 1.55. The lowest BCUT2D eigenvalue weighted by Crippen LogP contribution is -2.49. The fourth-order valence-corrected chi connectivity index (χ4v) is 3.47. The molecule has 1 spiro atoms. The number of urea groups is 1. The number of carbonyl (C=O) groups is 3. The van der Waals surface area contributed by atoms with Crippen molar-refractivity contribution in [3.8, 4) is 0 Å². The Morgan fingerprint density at radius 1 is 1.41 bits per heavy atom. The molecule has 2 heterocycles. The van der Waals surface area contributed by atoms with Crippen molar-refractivity contribution in [2.24, 2.45) is 0 Å². The number of hydrogen-bond acceptors (Lipinski definition) is 5. The minimum absolute atomic E-state index is 0.189. The second-order valence-corrected chi connectivity index (χ2v) is 6.29. The van der Waals surface area contributed by atoms with Gasteiger partial charge in [0.1, 0.15) is 12.1 Å². The van der Waals surface area contributed by atoms with Crippen LogP contribution in [0.15, 0.2) is 0 Å². The van der Waals surface area contributed by atoms with Crippen LogP contribution >= 0.6 is 0 Å². The van der Waals surface area contributed by atoms with Crippen molar-refractivity contribution >= 4 is 17.8 Å². The Kier molecular flexibility index (Phi) is 3.82. The lowest BCUT2D eigenvalue weighted by atomic mass is 9.98. The lowest BCUT2D eigenvalue weighted by molar-refractivity contribution is -0.140. The zero-order chi connectivity index (χ0) is 15.9. The summed E-state index contributed by atoms with van der Waals surface area (Å²) in [6.07, 6.45) is 2.33. The van der Waals surface area contributed by atoms with E-state index in [1.165, 1.54) is 4.90 Å². The maximum atomic E-state index is 12.5. The van der Waals surface area contributed by atoms with E-state index in [1.54, 1.807) is 7.05 Å². The van der Waals surface area contributed by atoms with Crippen molar-refractivity contribution in [1.29, 1.82) is 0 Å². The summed E-state index contributed by atoms with van der Waals surface area (Å²) in [5, 5.41) is 12.5. The largest absolute Gasteiger partial charge is 0.388 e. The molecule has 122 valence electrons. The van der Waals surface area contributed by atoms with Crippen LogP contribution in [-0.4, -0.2) is 77.2 Å². The van der Waals surface area contributed by atoms with Crippen molar-refractivity contribution in [2.45, 2.75) is 43.4 Å². The molecule has 3 aliphatic rings. The number of carbonyl (C=O) groups excluding carboxylic acids is 3. The van der Waals surface area contributed by atoms with Crippen LogP contribution in [0.1, 0.15) is 25.7 Å². The van der Waals surface area contributed by atoms with Crippen molar-refractivity contribution < 1.29 is 24.2 Å². The Bertz CT molecular complexity index is 503. The van der Waals surface area contributed by atoms with Crippen LogP contribution in [0.25, 0.3) is 0 Å². The maximum absolute atomic E-state index is 12.5. The summed E-state index contributed by atoms with van der Waals surface area (Å²) in [4.78, 5) is 39.2. The predicted octanol–water partition coefficient (Wildman–Crippen LogP) is -0.931. The number of rotatable bonds is 3. The zero-order valence-corrected chi connectivity index (χ0v) is 12.6. The van der Waals surface area contributed by atoms with Crippen molar-refractivity contribution in [3.63, 3.8) is 0 Å². The third-order valence-electron chi connectivity index (χ3n) is 4.91. The van der Waals surface area contributed by atoms with Gasteiger partial charge < -0.3 is 20.1 Å². The Labute approximate surface area is 128 Å². The van der Waals surface area contributed by atoms with Gasteiger partial charge in [-0.05, 0) is 12.8 Å². The fraction of sp³-hybridized carbons (Fsp3) is 0.786. The molecule has 1 saturated carbocycles. The SMILES string of the molecule is CN(C(=O)CN1C(=O)NC2(CCCC2)C1=O)[C@@H]1COC[C@H]1O. The van der Waals surface area contributed by atoms with Crippen LogP contribution in [0.5, 0.6) is 0 Å². The summed E-state index contributed by atoms with van der Waals surface area (Å²) < 4.78 is 5.13. The van der Waals surface area contributed by atoms with Gasteiger partial charge in [0.2, 0.25) is 5.91 Å². The van der Waals surface area contributed by atoms with E-state index in [2.05, 4.69) is 5.32 Å². The zero-order valence-electron chi connectivity index (χ0n) is 12.6. The first-order valence-electron chi connectivity index (χ1n) is 7.60. The number of aliphatic hydroxyl groups is 1. The molecule has 0 radical (unpaired) electrons. The van der Waals surface area contributed by atoms with Crippen molar-refractivity contribution in [1.82, 2.24) is 15.1 Å². The molecule has 2 aliphatic heterocycles. The smallest absolute Gasteiger partial charge is 0.325 e. The van der Waals surface area contributed by atoms with Crippen LogP contribution in [0.4, 0.5) is 4.79 Å². The summed E-state index contributed by atoms with van der Waals surface area (Å²) >= 11 is 0. The van der Waals surface area contributed by atoms with E-state index in [9.17, 15) is 19.5 Å². The number of likely N-dealkylation sites (N-methyl/N-ethyl adjacent to an activating group) is 1. The van der Waals surface area contributed by atoms with E-state index >= 15 is 0 Å². The second-order valence-electron chi connectivity index (χ2n) is 6.29. The average Bonchev–Trinajstić information content (AvgIpc) is 3.16. The molecule has 4 amide bonds. The van der Waals surface area contributed by atoms with Crippen LogP contribution in [-0.2, 0) is 14.3 Å². The Balaban J connectivity index is 1.66. The number of nitrogens with one attached hydrogen (secondary N) is 1. The molecule has 8 nitrogen and oxygen atoms in total. The highest BCUT2D eigenvalue weighted by molar-refractivity contribution is 6.09. The molecule has 0 bridgehead atoms. The molecule has 8 heteroatoms. The molecule has 0 aromatic rings. The summed E-state index contributed by atoms with van der Waals surface area (Å²) in [5.41, 5.74) is -0.800. The summed E-state index contributed by atoms with van der Waals surface area (Å²) in [6.45, 7) is 0.147. The number of hydrogen-bond donors (Lipinski definition) is 2. The second kappa shape index (κ2) is 5.51. The van der Waals surface area contributed by atoms with Crippen LogP contribution in [0.2, 0.25) is 0 Å². The molecule has 2 N–H and O–H groups in total. The Hall–Kier alpha value is -1.67. The molecule has 2 saturated heterocycles. The van der Waals surface area contributed by atoms with Gasteiger partial charge in [0.05, 0.1) is 25.4 Å². The van der Waals surface area contributed by atoms with Gasteiger partial charge in [0.25, 0.3) is 5.91 Å². The lowest BCUT2D eigenvalue weighted by Gasteiger charge is -2.27.